The smallest absolute Gasteiger partial charge is 0.274 e. The van der Waals surface area contributed by atoms with Gasteiger partial charge < -0.3 is 19.3 Å². The summed E-state index contributed by atoms with van der Waals surface area (Å²) in [5.41, 5.74) is 4.26. The number of fused-ring (bicyclic) bond motifs is 3. The molecule has 0 unspecified atom stereocenters. The molecule has 2 aromatic carbocycles. The lowest BCUT2D eigenvalue weighted by Crippen LogP contribution is -2.49. The van der Waals surface area contributed by atoms with Crippen molar-refractivity contribution >= 4 is 23.4 Å². The first-order valence-corrected chi connectivity index (χ1v) is 17.4. The van der Waals surface area contributed by atoms with Gasteiger partial charge >= 0.3 is 0 Å². The normalized spacial score (nSPS) is 17.5. The summed E-state index contributed by atoms with van der Waals surface area (Å²) >= 11 is 0. The number of rotatable bonds is 11. The molecule has 0 bridgehead atoms. The fraction of sp³-hybridized carbons (Fsp3) is 0.385. The highest BCUT2D eigenvalue weighted by Crippen LogP contribution is 2.35. The first-order chi connectivity index (χ1) is 24.0. The zero-order chi connectivity index (χ0) is 33.7. The SMILES string of the molecule is COc1cc2c(cc1OCCCCCCN1CCN(C(=O)c3nc(-c4ccc(C#N)cc4)n4ccccc34)CC1)C=C[C@@H]1CCCN1C2=O. The number of methoxy groups -OCH3 is 1. The largest absolute Gasteiger partial charge is 0.493 e. The van der Waals surface area contributed by atoms with Gasteiger partial charge in [-0.15, -0.1) is 0 Å². The van der Waals surface area contributed by atoms with Crippen LogP contribution in [0.2, 0.25) is 0 Å². The molecule has 10 heteroatoms. The fourth-order valence-electron chi connectivity index (χ4n) is 7.18. The van der Waals surface area contributed by atoms with E-state index in [2.05, 4.69) is 23.1 Å². The van der Waals surface area contributed by atoms with Gasteiger partial charge in [-0.2, -0.15) is 5.26 Å². The van der Waals surface area contributed by atoms with Crippen LogP contribution in [0, 0.1) is 11.3 Å². The van der Waals surface area contributed by atoms with Gasteiger partial charge in [-0.3, -0.25) is 18.9 Å². The lowest BCUT2D eigenvalue weighted by atomic mass is 10.0. The Morgan fingerprint density at radius 2 is 1.80 bits per heavy atom. The molecule has 0 radical (unpaired) electrons. The van der Waals surface area contributed by atoms with Gasteiger partial charge in [0.05, 0.1) is 42.5 Å². The predicted molar refractivity (Wildman–Crippen MR) is 188 cm³/mol. The number of benzene rings is 2. The Bertz CT molecular complexity index is 1900. The van der Waals surface area contributed by atoms with Crippen LogP contribution in [0.15, 0.2) is 66.9 Å². The number of piperazine rings is 1. The maximum Gasteiger partial charge on any atom is 0.274 e. The molecule has 1 atom stereocenters. The molecule has 0 N–H and O–H groups in total. The summed E-state index contributed by atoms with van der Waals surface area (Å²) in [6.07, 6.45) is 12.4. The number of nitrogens with zero attached hydrogens (tertiary/aromatic N) is 6. The van der Waals surface area contributed by atoms with Crippen LogP contribution in [0.3, 0.4) is 0 Å². The average Bonchev–Trinajstić information content (AvgIpc) is 3.76. The van der Waals surface area contributed by atoms with Crippen LogP contribution in [-0.2, 0) is 0 Å². The van der Waals surface area contributed by atoms with Crippen molar-refractivity contribution in [3.63, 3.8) is 0 Å². The molecule has 7 rings (SSSR count). The van der Waals surface area contributed by atoms with Gasteiger partial charge in [-0.05, 0) is 86.3 Å². The first-order valence-electron chi connectivity index (χ1n) is 17.4. The molecule has 3 aliphatic heterocycles. The number of amides is 2. The first kappa shape index (κ1) is 32.4. The number of unbranched alkanes of at least 4 members (excludes halogenated alkanes) is 3. The molecule has 0 saturated carbocycles. The number of nitriles is 1. The van der Waals surface area contributed by atoms with Gasteiger partial charge in [0.2, 0.25) is 0 Å². The number of hydrogen-bond acceptors (Lipinski definition) is 7. The maximum atomic E-state index is 13.7. The minimum atomic E-state index is -0.0442. The predicted octanol–water partition coefficient (Wildman–Crippen LogP) is 5.91. The van der Waals surface area contributed by atoms with Gasteiger partial charge in [0.1, 0.15) is 5.82 Å². The fourth-order valence-corrected chi connectivity index (χ4v) is 7.18. The van der Waals surface area contributed by atoms with Crippen LogP contribution < -0.4 is 9.47 Å². The number of pyridine rings is 1. The minimum absolute atomic E-state index is 0.0442. The van der Waals surface area contributed by atoms with Crippen LogP contribution in [-0.4, -0.2) is 94.9 Å². The Labute approximate surface area is 287 Å². The Balaban J connectivity index is 0.857. The Morgan fingerprint density at radius 1 is 0.980 bits per heavy atom. The molecule has 3 aliphatic rings. The van der Waals surface area contributed by atoms with E-state index in [1.807, 2.05) is 62.9 Å². The number of hydrogen-bond donors (Lipinski definition) is 0. The number of aromatic nitrogens is 2. The van der Waals surface area contributed by atoms with Crippen LogP contribution in [0.5, 0.6) is 11.5 Å². The molecule has 252 valence electrons. The molecular weight excluding hydrogens is 616 g/mol. The van der Waals surface area contributed by atoms with Crippen molar-refractivity contribution in [3.8, 4) is 29.0 Å². The highest BCUT2D eigenvalue weighted by atomic mass is 16.5. The topological polar surface area (TPSA) is 103 Å². The van der Waals surface area contributed by atoms with Crippen LogP contribution >= 0.6 is 0 Å². The summed E-state index contributed by atoms with van der Waals surface area (Å²) in [5.74, 6) is 2.00. The van der Waals surface area contributed by atoms with Crippen molar-refractivity contribution in [2.24, 2.45) is 0 Å². The molecule has 2 saturated heterocycles. The van der Waals surface area contributed by atoms with Crippen molar-refractivity contribution < 1.29 is 19.1 Å². The van der Waals surface area contributed by atoms with E-state index in [1.165, 1.54) is 0 Å². The Morgan fingerprint density at radius 3 is 2.59 bits per heavy atom. The lowest BCUT2D eigenvalue weighted by molar-refractivity contribution is 0.0631. The van der Waals surface area contributed by atoms with E-state index in [0.29, 0.717) is 53.8 Å². The summed E-state index contributed by atoms with van der Waals surface area (Å²) in [6, 6.07) is 19.2. The second kappa shape index (κ2) is 14.5. The number of imidazole rings is 1. The maximum absolute atomic E-state index is 13.7. The standard InChI is InChI=1S/C39H42N6O4/c1-48-34-26-32-30(15-16-31-9-8-19-44(31)38(32)46)25-35(34)49-24-7-3-2-5-17-42-20-22-43(23-21-42)39(47)36-33-10-4-6-18-45(33)37(41-36)29-13-11-28(27-40)12-14-29/h4,6,10-16,18,25-26,31H,2-3,5,7-9,17,19-24H2,1H3/t31-/m0/s1. The van der Waals surface area contributed by atoms with Gasteiger partial charge in [0.25, 0.3) is 11.8 Å². The van der Waals surface area contributed by atoms with Crippen molar-refractivity contribution in [3.05, 3.63) is 89.3 Å². The van der Waals surface area contributed by atoms with Crippen molar-refractivity contribution in [1.82, 2.24) is 24.1 Å². The number of carbonyl (C=O) groups is 2. The van der Waals surface area contributed by atoms with E-state index in [1.54, 1.807) is 19.2 Å². The molecule has 10 nitrogen and oxygen atoms in total. The molecule has 49 heavy (non-hydrogen) atoms. The van der Waals surface area contributed by atoms with Crippen molar-refractivity contribution in [2.45, 2.75) is 44.6 Å². The van der Waals surface area contributed by atoms with E-state index in [-0.39, 0.29) is 17.9 Å². The summed E-state index contributed by atoms with van der Waals surface area (Å²) in [6.45, 7) is 5.44. The van der Waals surface area contributed by atoms with E-state index in [0.717, 1.165) is 81.3 Å². The highest BCUT2D eigenvalue weighted by molar-refractivity contribution is 6.01. The Hall–Kier alpha value is -5.14. The molecule has 5 heterocycles. The molecule has 0 aliphatic carbocycles. The third kappa shape index (κ3) is 6.76. The molecule has 2 fully saturated rings. The molecule has 4 aromatic rings. The van der Waals surface area contributed by atoms with E-state index in [9.17, 15) is 9.59 Å². The Kier molecular flexibility index (Phi) is 9.62. The number of ether oxygens (including phenoxy) is 2. The molecule has 2 amide bonds. The minimum Gasteiger partial charge on any atom is -0.493 e. The van der Waals surface area contributed by atoms with Crippen molar-refractivity contribution in [2.75, 3.05) is 53.0 Å². The molecular formula is C39H42N6O4. The summed E-state index contributed by atoms with van der Waals surface area (Å²) < 4.78 is 13.7. The zero-order valence-electron chi connectivity index (χ0n) is 28.0. The summed E-state index contributed by atoms with van der Waals surface area (Å²) in [5, 5.41) is 9.17. The van der Waals surface area contributed by atoms with Gasteiger partial charge in [0.15, 0.2) is 17.2 Å². The molecule has 2 aromatic heterocycles. The van der Waals surface area contributed by atoms with Crippen LogP contribution in [0.4, 0.5) is 0 Å². The zero-order valence-corrected chi connectivity index (χ0v) is 28.0. The van der Waals surface area contributed by atoms with Crippen molar-refractivity contribution in [1.29, 1.82) is 5.26 Å². The summed E-state index contributed by atoms with van der Waals surface area (Å²) in [7, 11) is 1.62. The third-order valence-corrected chi connectivity index (χ3v) is 9.93. The second-order valence-electron chi connectivity index (χ2n) is 13.0. The van der Waals surface area contributed by atoms with Gasteiger partial charge in [0, 0.05) is 44.5 Å². The van der Waals surface area contributed by atoms with E-state index < -0.39 is 0 Å². The van der Waals surface area contributed by atoms with E-state index >= 15 is 0 Å². The summed E-state index contributed by atoms with van der Waals surface area (Å²) in [4.78, 5) is 37.9. The van der Waals surface area contributed by atoms with Gasteiger partial charge in [-0.25, -0.2) is 4.98 Å². The monoisotopic (exact) mass is 658 g/mol. The van der Waals surface area contributed by atoms with Gasteiger partial charge in [-0.1, -0.05) is 31.1 Å². The average molecular weight is 659 g/mol. The van der Waals surface area contributed by atoms with Crippen LogP contribution in [0.1, 0.15) is 70.5 Å². The quantitative estimate of drug-likeness (QED) is 0.185. The van der Waals surface area contributed by atoms with Crippen LogP contribution in [0.25, 0.3) is 23.0 Å². The highest BCUT2D eigenvalue weighted by Gasteiger charge is 2.32. The van der Waals surface area contributed by atoms with E-state index in [4.69, 9.17) is 19.7 Å². The lowest BCUT2D eigenvalue weighted by Gasteiger charge is -2.34. The molecule has 0 spiro atoms. The second-order valence-corrected chi connectivity index (χ2v) is 13.0. The third-order valence-electron chi connectivity index (χ3n) is 9.93. The number of carbonyl (C=O) groups excluding carboxylic acids is 2.